The van der Waals surface area contributed by atoms with Crippen LogP contribution in [-0.4, -0.2) is 74.3 Å². The summed E-state index contributed by atoms with van der Waals surface area (Å²) >= 11 is 0. The molecule has 75 heavy (non-hydrogen) atoms. The van der Waals surface area contributed by atoms with Gasteiger partial charge in [0.05, 0.1) is 33.8 Å². The van der Waals surface area contributed by atoms with Gasteiger partial charge in [-0.25, -0.2) is 4.57 Å². The Morgan fingerprint density at radius 1 is 0.480 bits per heavy atom. The predicted molar refractivity (Wildman–Crippen MR) is 323 cm³/mol. The van der Waals surface area contributed by atoms with Crippen LogP contribution in [0, 0.1) is 0 Å². The Morgan fingerprint density at radius 3 is 1.31 bits per heavy atom. The molecule has 2 N–H and O–H groups in total. The molecule has 0 aromatic rings. The maximum atomic E-state index is 13.5. The third-order valence-electron chi connectivity index (χ3n) is 12.4. The van der Waals surface area contributed by atoms with Gasteiger partial charge >= 0.3 is 13.8 Å². The number of allylic oxidation sites excluding steroid dienone is 19. The Kier molecular flexibility index (Phi) is 51.2. The fourth-order valence-corrected chi connectivity index (χ4v) is 8.51. The summed E-state index contributed by atoms with van der Waals surface area (Å²) in [7, 11) is 1.43. The van der Waals surface area contributed by atoms with E-state index in [0.717, 1.165) is 109 Å². The molecule has 0 saturated heterocycles. The summed E-state index contributed by atoms with van der Waals surface area (Å²) in [6.45, 7) is 6.79. The number of quaternary nitrogens is 1. The van der Waals surface area contributed by atoms with Crippen LogP contribution in [0.1, 0.15) is 226 Å². The highest BCUT2D eigenvalue weighted by Crippen LogP contribution is 2.43. The predicted octanol–water partition coefficient (Wildman–Crippen LogP) is 18.3. The van der Waals surface area contributed by atoms with Crippen molar-refractivity contribution >= 4 is 19.7 Å². The molecule has 0 aliphatic carbocycles. The molecule has 0 aliphatic rings. The number of phosphoric ester groups is 1. The van der Waals surface area contributed by atoms with Crippen molar-refractivity contribution in [3.63, 3.8) is 0 Å². The Morgan fingerprint density at radius 2 is 0.853 bits per heavy atom. The van der Waals surface area contributed by atoms with E-state index >= 15 is 0 Å². The number of hydrogen-bond donors (Lipinski definition) is 2. The van der Waals surface area contributed by atoms with Crippen molar-refractivity contribution in [1.29, 1.82) is 0 Å². The Bertz CT molecular complexity index is 1700. The molecule has 0 radical (unpaired) electrons. The van der Waals surface area contributed by atoms with Gasteiger partial charge in [-0.2, -0.15) is 0 Å². The maximum absolute atomic E-state index is 13.5. The minimum atomic E-state index is -4.47. The number of hydrogen-bond acceptors (Lipinski definition) is 6. The molecule has 428 valence electrons. The second-order valence-corrected chi connectivity index (χ2v) is 22.2. The van der Waals surface area contributed by atoms with Crippen LogP contribution in [0.2, 0.25) is 0 Å². The number of nitrogens with one attached hydrogen (secondary N) is 1. The van der Waals surface area contributed by atoms with Gasteiger partial charge in [0.2, 0.25) is 5.91 Å². The first kappa shape index (κ1) is 71.4. The number of esters is 1. The molecule has 9 nitrogen and oxygen atoms in total. The molecule has 0 bridgehead atoms. The average Bonchev–Trinajstić information content (AvgIpc) is 3.37. The van der Waals surface area contributed by atoms with Crippen LogP contribution in [0.15, 0.2) is 122 Å². The highest BCUT2D eigenvalue weighted by atomic mass is 31.2. The average molecular weight is 1060 g/mol. The fourth-order valence-electron chi connectivity index (χ4n) is 7.77. The van der Waals surface area contributed by atoms with Gasteiger partial charge in [0, 0.05) is 12.8 Å². The number of nitrogens with zero attached hydrogens (tertiary/aromatic N) is 1. The molecule has 0 aromatic heterocycles. The van der Waals surface area contributed by atoms with E-state index in [1.54, 1.807) is 0 Å². The second kappa shape index (κ2) is 53.8. The van der Waals surface area contributed by atoms with Crippen LogP contribution in [-0.2, 0) is 27.9 Å². The SMILES string of the molecule is CC/C=C\C/C=C\C/C=C\C/C=C\C/C=C\CCCCCC(=O)NC(COP(=O)(O)OCC[N+](C)(C)C)C(/C=C/CCCCCCCCCCC)OC(=O)CCCCC/C=C\C/C=C\C/C=C\C/C=C\CCCCC. The van der Waals surface area contributed by atoms with Crippen molar-refractivity contribution in [2.45, 2.75) is 238 Å². The Hall–Kier alpha value is -3.59. The summed E-state index contributed by atoms with van der Waals surface area (Å²) in [5.74, 6) is -0.589. The highest BCUT2D eigenvalue weighted by molar-refractivity contribution is 7.47. The minimum Gasteiger partial charge on any atom is -0.456 e. The molecule has 0 fully saturated rings. The number of carbonyl (C=O) groups excluding carboxylic acids is 2. The molecule has 0 rings (SSSR count). The van der Waals surface area contributed by atoms with E-state index < -0.39 is 20.0 Å². The fraction of sp³-hybridized carbons (Fsp3) is 0.662. The lowest BCUT2D eigenvalue weighted by Crippen LogP contribution is -2.47. The zero-order valence-corrected chi connectivity index (χ0v) is 49.6. The van der Waals surface area contributed by atoms with E-state index in [1.807, 2.05) is 33.3 Å². The van der Waals surface area contributed by atoms with Crippen molar-refractivity contribution in [2.24, 2.45) is 0 Å². The number of amides is 1. The lowest BCUT2D eigenvalue weighted by molar-refractivity contribution is -0.870. The maximum Gasteiger partial charge on any atom is 0.472 e. The smallest absolute Gasteiger partial charge is 0.456 e. The quantitative estimate of drug-likeness (QED) is 0.0205. The number of phosphoric acid groups is 1. The summed E-state index contributed by atoms with van der Waals surface area (Å²) in [6, 6.07) is -0.887. The molecule has 0 aromatic carbocycles. The van der Waals surface area contributed by atoms with Crippen LogP contribution in [0.4, 0.5) is 0 Å². The van der Waals surface area contributed by atoms with E-state index in [1.165, 1.54) is 70.6 Å². The summed E-state index contributed by atoms with van der Waals surface area (Å²) in [5, 5.41) is 3.02. The molecule has 10 heteroatoms. The van der Waals surface area contributed by atoms with Crippen molar-refractivity contribution in [2.75, 3.05) is 40.9 Å². The summed E-state index contributed by atoms with van der Waals surface area (Å²) in [5.41, 5.74) is 0. The minimum absolute atomic E-state index is 0.0212. The van der Waals surface area contributed by atoms with E-state index in [9.17, 15) is 19.0 Å². The van der Waals surface area contributed by atoms with Crippen molar-refractivity contribution in [1.82, 2.24) is 5.32 Å². The molecule has 0 aliphatic heterocycles. The number of likely N-dealkylation sites (N-methyl/N-ethyl adjacent to an activating group) is 1. The lowest BCUT2D eigenvalue weighted by atomic mass is 10.1. The molecule has 0 saturated carbocycles. The molecule has 1 amide bonds. The lowest BCUT2D eigenvalue weighted by Gasteiger charge is -2.27. The number of rotatable bonds is 52. The third kappa shape index (κ3) is 55.0. The molecule has 0 spiro atoms. The Labute approximate surface area is 461 Å². The first-order valence-electron chi connectivity index (χ1n) is 29.9. The van der Waals surface area contributed by atoms with Crippen molar-refractivity contribution < 1.29 is 37.3 Å². The summed E-state index contributed by atoms with van der Waals surface area (Å²) in [4.78, 5) is 37.6. The topological polar surface area (TPSA) is 111 Å². The van der Waals surface area contributed by atoms with Gasteiger partial charge in [0.25, 0.3) is 0 Å². The van der Waals surface area contributed by atoms with Gasteiger partial charge in [-0.05, 0) is 122 Å². The van der Waals surface area contributed by atoms with Gasteiger partial charge < -0.3 is 19.4 Å². The summed E-state index contributed by atoms with van der Waals surface area (Å²) in [6.07, 6.45) is 74.8. The van der Waals surface area contributed by atoms with E-state index in [2.05, 4.69) is 135 Å². The van der Waals surface area contributed by atoms with Crippen LogP contribution in [0.5, 0.6) is 0 Å². The van der Waals surface area contributed by atoms with Crippen LogP contribution in [0.3, 0.4) is 0 Å². The van der Waals surface area contributed by atoms with Gasteiger partial charge in [-0.15, -0.1) is 0 Å². The van der Waals surface area contributed by atoms with Gasteiger partial charge in [0.1, 0.15) is 19.3 Å². The number of unbranched alkanes of at least 4 members (excludes halogenated alkanes) is 18. The number of carbonyl (C=O) groups is 2. The third-order valence-corrected chi connectivity index (χ3v) is 13.4. The van der Waals surface area contributed by atoms with Gasteiger partial charge in [-0.1, -0.05) is 213 Å². The summed E-state index contributed by atoms with van der Waals surface area (Å²) < 4.78 is 30.6. The van der Waals surface area contributed by atoms with Gasteiger partial charge in [-0.3, -0.25) is 18.6 Å². The monoisotopic (exact) mass is 1060 g/mol. The van der Waals surface area contributed by atoms with Crippen molar-refractivity contribution in [3.8, 4) is 0 Å². The molecule has 3 atom stereocenters. The van der Waals surface area contributed by atoms with Crippen LogP contribution >= 0.6 is 7.82 Å². The molecule has 3 unspecified atom stereocenters. The standard InChI is InChI=1S/C65H111N2O7P/c1-7-10-13-16-19-22-25-27-29-31-33-35-37-39-42-45-48-51-54-57-64(68)66-62(61-73-75(70,71)72-60-59-67(4,5)6)63(56-53-50-47-44-41-24-21-18-15-12-9-3)74-65(69)58-55-52-49-46-43-40-38-36-34-32-30-28-26-23-20-17-14-11-8-2/h10,13,19-20,22-23,27-30,33-36,39-40,42-43,53,56,62-63H,7-9,11-12,14-18,21,24-26,31-32,37-38,41,44-52,54-55,57-61H2,1-6H3,(H-,66,68,70,71)/p+1/b13-10-,22-19-,23-20-,29-27-,30-28-,35-33-,36-34-,42-39-,43-40-,56-53+. The largest absolute Gasteiger partial charge is 0.472 e. The molecular formula is C65H112N2O7P+. The Balaban J connectivity index is 5.41. The highest BCUT2D eigenvalue weighted by Gasteiger charge is 2.30. The molecular weight excluding hydrogens is 952 g/mol. The van der Waals surface area contributed by atoms with Crippen molar-refractivity contribution in [3.05, 3.63) is 122 Å². The van der Waals surface area contributed by atoms with E-state index in [4.69, 9.17) is 13.8 Å². The normalized spacial score (nSPS) is 14.6. The first-order chi connectivity index (χ1) is 36.4. The van der Waals surface area contributed by atoms with Crippen LogP contribution < -0.4 is 5.32 Å². The second-order valence-electron chi connectivity index (χ2n) is 20.8. The van der Waals surface area contributed by atoms with E-state index in [-0.39, 0.29) is 37.9 Å². The van der Waals surface area contributed by atoms with Crippen LogP contribution in [0.25, 0.3) is 0 Å². The number of ether oxygens (including phenoxy) is 1. The first-order valence-corrected chi connectivity index (χ1v) is 31.4. The zero-order valence-electron chi connectivity index (χ0n) is 48.7. The molecule has 0 heterocycles. The van der Waals surface area contributed by atoms with Gasteiger partial charge in [0.15, 0.2) is 0 Å². The van der Waals surface area contributed by atoms with E-state index in [0.29, 0.717) is 23.9 Å². The zero-order chi connectivity index (χ0) is 55.0.